The Balaban J connectivity index is 0.992. The highest BCUT2D eigenvalue weighted by Gasteiger charge is 2.44. The van der Waals surface area contributed by atoms with Gasteiger partial charge in [0.05, 0.1) is 22.9 Å². The number of hydrogen-bond acceptors (Lipinski definition) is 8. The number of pyridine rings is 3. The van der Waals surface area contributed by atoms with E-state index in [9.17, 15) is 14.4 Å². The Kier molecular flexibility index (Phi) is 7.85. The first-order chi connectivity index (χ1) is 20.6. The molecule has 1 N–H and O–H groups in total. The number of aromatic nitrogens is 3. The quantitative estimate of drug-likeness (QED) is 0.484. The lowest BCUT2D eigenvalue weighted by Gasteiger charge is -2.36. The summed E-state index contributed by atoms with van der Waals surface area (Å²) in [4.78, 5) is 58.3. The van der Waals surface area contributed by atoms with Gasteiger partial charge >= 0.3 is 6.09 Å². The van der Waals surface area contributed by atoms with E-state index in [2.05, 4.69) is 24.8 Å². The zero-order valence-corrected chi connectivity index (χ0v) is 25.5. The number of nitrogens with zero attached hydrogens (tertiary/aromatic N) is 6. The van der Waals surface area contributed by atoms with Crippen LogP contribution in [0.2, 0.25) is 0 Å². The van der Waals surface area contributed by atoms with Gasteiger partial charge in [-0.3, -0.25) is 19.5 Å². The van der Waals surface area contributed by atoms with Crippen molar-refractivity contribution >= 4 is 28.7 Å². The summed E-state index contributed by atoms with van der Waals surface area (Å²) in [5, 5.41) is 0. The van der Waals surface area contributed by atoms with E-state index >= 15 is 0 Å². The summed E-state index contributed by atoms with van der Waals surface area (Å²) in [6.45, 7) is 14.4. The first kappa shape index (κ1) is 29.1. The number of nitrogens with one attached hydrogen (secondary N) is 1. The highest BCUT2D eigenvalue weighted by atomic mass is 16.6. The van der Waals surface area contributed by atoms with Crippen molar-refractivity contribution in [3.63, 3.8) is 0 Å². The SMILES string of the molecule is CCc1cc2ncc(CN3CCN(c4ccc(C(=O)N5C[C@H]6CN(C(=O)OC(C)(C)C)C[C@H]6C5)nc4)CC3)cc2[nH]c1=O. The average molecular weight is 588 g/mol. The monoisotopic (exact) mass is 587 g/mol. The maximum atomic E-state index is 13.2. The Hall–Kier alpha value is -3.99. The van der Waals surface area contributed by atoms with Crippen LogP contribution < -0.4 is 10.5 Å². The molecule has 11 nitrogen and oxygen atoms in total. The minimum absolute atomic E-state index is 0.0430. The average Bonchev–Trinajstić information content (AvgIpc) is 3.56. The normalized spacial score (nSPS) is 21.0. The highest BCUT2D eigenvalue weighted by Crippen LogP contribution is 2.32. The number of H-pyrrole nitrogens is 1. The number of carbonyl (C=O) groups is 2. The van der Waals surface area contributed by atoms with Gasteiger partial charge in [0.15, 0.2) is 0 Å². The smallest absolute Gasteiger partial charge is 0.410 e. The number of aryl methyl sites for hydroxylation is 1. The Morgan fingerprint density at radius 3 is 2.28 bits per heavy atom. The molecule has 43 heavy (non-hydrogen) atoms. The number of likely N-dealkylation sites (tertiary alicyclic amines) is 2. The van der Waals surface area contributed by atoms with Crippen LogP contribution >= 0.6 is 0 Å². The van der Waals surface area contributed by atoms with Crippen LogP contribution in [0.1, 0.15) is 49.3 Å². The van der Waals surface area contributed by atoms with Crippen molar-refractivity contribution < 1.29 is 14.3 Å². The number of anilines is 1. The fourth-order valence-corrected chi connectivity index (χ4v) is 6.43. The van der Waals surface area contributed by atoms with Crippen LogP contribution in [-0.4, -0.2) is 99.6 Å². The van der Waals surface area contributed by atoms with E-state index in [1.165, 1.54) is 0 Å². The van der Waals surface area contributed by atoms with Crippen LogP contribution in [-0.2, 0) is 17.7 Å². The van der Waals surface area contributed by atoms with Crippen LogP contribution in [0.15, 0.2) is 41.5 Å². The van der Waals surface area contributed by atoms with Crippen molar-refractivity contribution in [3.8, 4) is 0 Å². The standard InChI is InChI=1S/C32H41N7O4/c1-5-22-13-27-28(35-29(22)40)12-21(14-33-27)16-36-8-10-37(11-9-36)25-6-7-26(34-15-25)30(41)38-17-23-19-39(20-24(23)18-38)31(42)43-32(2,3)4/h6-7,12-15,23-24H,5,8-11,16-20H2,1-4H3,(H,35,40)/t23-,24+. The van der Waals surface area contributed by atoms with E-state index in [4.69, 9.17) is 4.74 Å². The van der Waals surface area contributed by atoms with Crippen LogP contribution in [0.3, 0.4) is 0 Å². The molecule has 228 valence electrons. The summed E-state index contributed by atoms with van der Waals surface area (Å²) >= 11 is 0. The summed E-state index contributed by atoms with van der Waals surface area (Å²) in [5.74, 6) is 0.494. The summed E-state index contributed by atoms with van der Waals surface area (Å²) in [7, 11) is 0. The van der Waals surface area contributed by atoms with E-state index in [1.54, 1.807) is 11.1 Å². The van der Waals surface area contributed by atoms with E-state index in [-0.39, 0.29) is 29.4 Å². The van der Waals surface area contributed by atoms with E-state index in [1.807, 2.05) is 63.1 Å². The highest BCUT2D eigenvalue weighted by molar-refractivity contribution is 5.92. The number of hydrogen-bond donors (Lipinski definition) is 1. The number of aromatic amines is 1. The summed E-state index contributed by atoms with van der Waals surface area (Å²) in [6, 6.07) is 7.73. The third kappa shape index (κ3) is 6.36. The second kappa shape index (κ2) is 11.6. The second-order valence-electron chi connectivity index (χ2n) is 13.0. The predicted molar refractivity (Wildman–Crippen MR) is 164 cm³/mol. The third-order valence-electron chi connectivity index (χ3n) is 8.74. The predicted octanol–water partition coefficient (Wildman–Crippen LogP) is 3.14. The van der Waals surface area contributed by atoms with Crippen molar-refractivity contribution in [1.29, 1.82) is 0 Å². The molecule has 3 aliphatic rings. The van der Waals surface area contributed by atoms with Gasteiger partial charge in [-0.1, -0.05) is 6.92 Å². The lowest BCUT2D eigenvalue weighted by Crippen LogP contribution is -2.46. The molecule has 3 fully saturated rings. The first-order valence-corrected chi connectivity index (χ1v) is 15.3. The molecule has 6 heterocycles. The zero-order chi connectivity index (χ0) is 30.3. The van der Waals surface area contributed by atoms with Gasteiger partial charge in [0.25, 0.3) is 11.5 Å². The van der Waals surface area contributed by atoms with Crippen molar-refractivity contribution in [2.24, 2.45) is 11.8 Å². The molecule has 0 bridgehead atoms. The van der Waals surface area contributed by atoms with Gasteiger partial charge in [-0.25, -0.2) is 9.78 Å². The number of ether oxygens (including phenoxy) is 1. The maximum Gasteiger partial charge on any atom is 0.410 e. The van der Waals surface area contributed by atoms with Crippen LogP contribution in [0.5, 0.6) is 0 Å². The third-order valence-corrected chi connectivity index (χ3v) is 8.74. The zero-order valence-electron chi connectivity index (χ0n) is 25.5. The Bertz CT molecular complexity index is 1540. The molecule has 11 heteroatoms. The van der Waals surface area contributed by atoms with Gasteiger partial charge in [0, 0.05) is 82.5 Å². The minimum Gasteiger partial charge on any atom is -0.444 e. The molecule has 3 aliphatic heterocycles. The van der Waals surface area contributed by atoms with Gasteiger partial charge in [-0.2, -0.15) is 0 Å². The number of piperazine rings is 1. The molecule has 0 radical (unpaired) electrons. The molecule has 0 aromatic carbocycles. The fraction of sp³-hybridized carbons (Fsp3) is 0.531. The Morgan fingerprint density at radius 1 is 0.953 bits per heavy atom. The second-order valence-corrected chi connectivity index (χ2v) is 13.0. The molecular formula is C32H41N7O4. The van der Waals surface area contributed by atoms with Gasteiger partial charge < -0.3 is 24.4 Å². The largest absolute Gasteiger partial charge is 0.444 e. The molecule has 2 atom stereocenters. The summed E-state index contributed by atoms with van der Waals surface area (Å²) in [5.41, 5.74) is 4.34. The van der Waals surface area contributed by atoms with Crippen molar-refractivity contribution in [3.05, 3.63) is 63.8 Å². The maximum absolute atomic E-state index is 13.2. The molecule has 0 aliphatic carbocycles. The van der Waals surface area contributed by atoms with Gasteiger partial charge in [0.2, 0.25) is 0 Å². The van der Waals surface area contributed by atoms with E-state index in [0.717, 1.165) is 60.6 Å². The molecule has 0 unspecified atom stereocenters. The van der Waals surface area contributed by atoms with Crippen molar-refractivity contribution in [2.75, 3.05) is 57.3 Å². The molecule has 0 spiro atoms. The van der Waals surface area contributed by atoms with Crippen molar-refractivity contribution in [1.82, 2.24) is 29.7 Å². The summed E-state index contributed by atoms with van der Waals surface area (Å²) < 4.78 is 5.52. The molecular weight excluding hydrogens is 546 g/mol. The Labute approximate surface area is 251 Å². The molecule has 6 rings (SSSR count). The van der Waals surface area contributed by atoms with Gasteiger partial charge in [-0.15, -0.1) is 0 Å². The minimum atomic E-state index is -0.514. The van der Waals surface area contributed by atoms with Gasteiger partial charge in [0.1, 0.15) is 11.3 Å². The topological polar surface area (TPSA) is 115 Å². The first-order valence-electron chi connectivity index (χ1n) is 15.3. The molecule has 0 saturated carbocycles. The molecule has 3 aromatic heterocycles. The lowest BCUT2D eigenvalue weighted by molar-refractivity contribution is 0.0275. The number of carbonyl (C=O) groups excluding carboxylic acids is 2. The lowest BCUT2D eigenvalue weighted by atomic mass is 10.0. The van der Waals surface area contributed by atoms with Crippen LogP contribution in [0, 0.1) is 11.8 Å². The van der Waals surface area contributed by atoms with E-state index in [0.29, 0.717) is 38.3 Å². The van der Waals surface area contributed by atoms with Crippen LogP contribution in [0.4, 0.5) is 10.5 Å². The summed E-state index contributed by atoms with van der Waals surface area (Å²) in [6.07, 6.45) is 4.12. The molecule has 2 amide bonds. The molecule has 3 saturated heterocycles. The molecule has 3 aromatic rings. The van der Waals surface area contributed by atoms with E-state index < -0.39 is 5.60 Å². The number of rotatable bonds is 5. The Morgan fingerprint density at radius 2 is 1.65 bits per heavy atom. The van der Waals surface area contributed by atoms with Crippen molar-refractivity contribution in [2.45, 2.75) is 46.3 Å². The number of fused-ring (bicyclic) bond motifs is 2. The van der Waals surface area contributed by atoms with Gasteiger partial charge in [-0.05, 0) is 57.0 Å². The van der Waals surface area contributed by atoms with Crippen LogP contribution in [0.25, 0.3) is 11.0 Å². The number of amides is 2. The fourth-order valence-electron chi connectivity index (χ4n) is 6.43.